The molecule has 0 heterocycles. The number of ether oxygens (including phenoxy) is 1. The van der Waals surface area contributed by atoms with Crippen molar-refractivity contribution in [3.05, 3.63) is 0 Å². The van der Waals surface area contributed by atoms with Crippen LogP contribution in [0.25, 0.3) is 0 Å². The second-order valence-electron chi connectivity index (χ2n) is 3.36. The van der Waals surface area contributed by atoms with Gasteiger partial charge in [-0.15, -0.1) is 0 Å². The van der Waals surface area contributed by atoms with Crippen LogP contribution in [0.1, 0.15) is 46.5 Å². The van der Waals surface area contributed by atoms with Gasteiger partial charge in [-0.1, -0.05) is 14.4 Å². The average molecular weight is 187 g/mol. The molecule has 3 heteroatoms. The fourth-order valence-electron chi connectivity index (χ4n) is 1.42. The van der Waals surface area contributed by atoms with Crippen LogP contribution in [-0.4, -0.2) is 18.1 Å². The highest BCUT2D eigenvalue weighted by molar-refractivity contribution is 5.75. The van der Waals surface area contributed by atoms with Gasteiger partial charge in [0.15, 0.2) is 0 Å². The van der Waals surface area contributed by atoms with Crippen molar-refractivity contribution >= 4 is 5.97 Å². The van der Waals surface area contributed by atoms with E-state index in [0.717, 1.165) is 12.8 Å². The summed E-state index contributed by atoms with van der Waals surface area (Å²) in [5.41, 5.74) is 5.52. The van der Waals surface area contributed by atoms with Crippen LogP contribution in [0.2, 0.25) is 0 Å². The molecule has 0 amide bonds. The summed E-state index contributed by atoms with van der Waals surface area (Å²) in [5.74, 6) is -0.232. The minimum Gasteiger partial charge on any atom is -0.461 e. The second kappa shape index (κ2) is 5.97. The van der Waals surface area contributed by atoms with E-state index in [-0.39, 0.29) is 19.5 Å². The van der Waals surface area contributed by atoms with Gasteiger partial charge in [-0.2, -0.15) is 0 Å². The molecule has 1 atom stereocenters. The highest BCUT2D eigenvalue weighted by Crippen LogP contribution is 2.21. The Bertz CT molecular complexity index is 153. The van der Waals surface area contributed by atoms with Crippen molar-refractivity contribution in [1.29, 1.82) is 0 Å². The minimum atomic E-state index is -0.425. The van der Waals surface area contributed by atoms with E-state index in [1.165, 1.54) is 12.8 Å². The van der Waals surface area contributed by atoms with Gasteiger partial charge in [0.25, 0.3) is 0 Å². The Hall–Kier alpha value is -0.570. The van der Waals surface area contributed by atoms with Crippen LogP contribution < -0.4 is 5.73 Å². The lowest BCUT2D eigenvalue weighted by atomic mass is 10.2. The molecule has 0 aromatic carbocycles. The zero-order valence-corrected chi connectivity index (χ0v) is 7.58. The molecule has 0 saturated heterocycles. The quantitative estimate of drug-likeness (QED) is 0.686. The van der Waals surface area contributed by atoms with Gasteiger partial charge in [0, 0.05) is 0 Å². The molecule has 2 N–H and O–H groups in total. The van der Waals surface area contributed by atoms with E-state index in [2.05, 4.69) is 0 Å². The molecule has 1 rings (SSSR count). The summed E-state index contributed by atoms with van der Waals surface area (Å²) in [6.07, 6.45) is 5.20. The van der Waals surface area contributed by atoms with Gasteiger partial charge >= 0.3 is 5.97 Å². The van der Waals surface area contributed by atoms with E-state index >= 15 is 0 Å². The molecule has 1 aliphatic rings. The second-order valence-corrected chi connectivity index (χ2v) is 3.36. The molecule has 13 heavy (non-hydrogen) atoms. The van der Waals surface area contributed by atoms with Gasteiger partial charge < -0.3 is 10.5 Å². The molecular weight excluding hydrogens is 166 g/mol. The maximum absolute atomic E-state index is 11.2. The number of nitrogens with two attached hydrogens (primary N) is 1. The van der Waals surface area contributed by atoms with Crippen LogP contribution in [0, 0.1) is 0 Å². The van der Waals surface area contributed by atoms with Crippen LogP contribution >= 0.6 is 0 Å². The van der Waals surface area contributed by atoms with Gasteiger partial charge in [-0.05, 0) is 32.1 Å². The molecule has 0 aromatic rings. The zero-order valence-electron chi connectivity index (χ0n) is 7.58. The van der Waals surface area contributed by atoms with E-state index in [1.54, 1.807) is 0 Å². The van der Waals surface area contributed by atoms with Crippen molar-refractivity contribution < 1.29 is 9.53 Å². The maximum Gasteiger partial charge on any atom is 0.323 e. The standard InChI is InChI=1S/C9H17NO2.CH4/c1-2-8(10)9(11)12-7-5-3-4-6-7;/h7-8H,2-6,10H2,1H3;1H4. The summed E-state index contributed by atoms with van der Waals surface area (Å²) in [5, 5.41) is 0. The molecule has 0 spiro atoms. The average Bonchev–Trinajstić information content (AvgIpc) is 2.55. The van der Waals surface area contributed by atoms with Crippen LogP contribution in [0.4, 0.5) is 0 Å². The lowest BCUT2D eigenvalue weighted by Gasteiger charge is -2.14. The van der Waals surface area contributed by atoms with Crippen molar-refractivity contribution in [3.8, 4) is 0 Å². The first-order valence-corrected chi connectivity index (χ1v) is 4.70. The molecule has 0 aliphatic heterocycles. The summed E-state index contributed by atoms with van der Waals surface area (Å²) in [7, 11) is 0. The lowest BCUT2D eigenvalue weighted by Crippen LogP contribution is -2.33. The summed E-state index contributed by atoms with van der Waals surface area (Å²) in [4.78, 5) is 11.2. The van der Waals surface area contributed by atoms with Crippen LogP contribution in [-0.2, 0) is 9.53 Å². The van der Waals surface area contributed by atoms with Gasteiger partial charge in [0.05, 0.1) is 0 Å². The molecule has 0 aromatic heterocycles. The van der Waals surface area contributed by atoms with Gasteiger partial charge in [0.2, 0.25) is 0 Å². The number of hydrogen-bond donors (Lipinski definition) is 1. The van der Waals surface area contributed by atoms with Gasteiger partial charge in [0.1, 0.15) is 12.1 Å². The van der Waals surface area contributed by atoms with E-state index in [9.17, 15) is 4.79 Å². The number of hydrogen-bond acceptors (Lipinski definition) is 3. The van der Waals surface area contributed by atoms with Crippen molar-refractivity contribution in [2.75, 3.05) is 0 Å². The van der Waals surface area contributed by atoms with E-state index in [0.29, 0.717) is 6.42 Å². The van der Waals surface area contributed by atoms with Crippen LogP contribution in [0.3, 0.4) is 0 Å². The van der Waals surface area contributed by atoms with Gasteiger partial charge in [-0.25, -0.2) is 0 Å². The summed E-state index contributed by atoms with van der Waals surface area (Å²) in [6, 6.07) is -0.425. The molecule has 0 bridgehead atoms. The first kappa shape index (κ1) is 12.4. The fourth-order valence-corrected chi connectivity index (χ4v) is 1.42. The predicted octanol–water partition coefficient (Wildman–Crippen LogP) is 1.85. The summed E-state index contributed by atoms with van der Waals surface area (Å²) < 4.78 is 5.20. The molecule has 3 nitrogen and oxygen atoms in total. The summed E-state index contributed by atoms with van der Waals surface area (Å²) >= 11 is 0. The van der Waals surface area contributed by atoms with Crippen molar-refractivity contribution in [1.82, 2.24) is 0 Å². The zero-order chi connectivity index (χ0) is 8.97. The smallest absolute Gasteiger partial charge is 0.323 e. The SMILES string of the molecule is C.CCC(N)C(=O)OC1CCCC1. The Morgan fingerprint density at radius 3 is 2.54 bits per heavy atom. The monoisotopic (exact) mass is 187 g/mol. The Labute approximate surface area is 80.6 Å². The van der Waals surface area contributed by atoms with Crippen molar-refractivity contribution in [3.63, 3.8) is 0 Å². The van der Waals surface area contributed by atoms with Crippen LogP contribution in [0.15, 0.2) is 0 Å². The molecule has 1 aliphatic carbocycles. The lowest BCUT2D eigenvalue weighted by molar-refractivity contribution is -0.150. The number of rotatable bonds is 3. The third-order valence-electron chi connectivity index (χ3n) is 2.33. The Morgan fingerprint density at radius 2 is 2.08 bits per heavy atom. The van der Waals surface area contributed by atoms with E-state index in [1.807, 2.05) is 6.92 Å². The molecule has 0 radical (unpaired) electrons. The first-order valence-electron chi connectivity index (χ1n) is 4.70. The molecule has 78 valence electrons. The molecule has 1 unspecified atom stereocenters. The Balaban J connectivity index is 0.00000144. The third kappa shape index (κ3) is 3.77. The summed E-state index contributed by atoms with van der Waals surface area (Å²) in [6.45, 7) is 1.89. The number of esters is 1. The highest BCUT2D eigenvalue weighted by Gasteiger charge is 2.21. The third-order valence-corrected chi connectivity index (χ3v) is 2.33. The minimum absolute atomic E-state index is 0. The van der Waals surface area contributed by atoms with E-state index < -0.39 is 6.04 Å². The molecule has 1 fully saturated rings. The fraction of sp³-hybridized carbons (Fsp3) is 0.900. The van der Waals surface area contributed by atoms with Gasteiger partial charge in [-0.3, -0.25) is 4.79 Å². The van der Waals surface area contributed by atoms with E-state index in [4.69, 9.17) is 10.5 Å². The molecular formula is C10H21NO2. The van der Waals surface area contributed by atoms with Crippen molar-refractivity contribution in [2.45, 2.75) is 58.6 Å². The normalized spacial score (nSPS) is 19.2. The van der Waals surface area contributed by atoms with Crippen molar-refractivity contribution in [2.24, 2.45) is 5.73 Å². The largest absolute Gasteiger partial charge is 0.461 e. The Kier molecular flexibility index (Phi) is 5.71. The Morgan fingerprint density at radius 1 is 1.54 bits per heavy atom. The number of carbonyl (C=O) groups is 1. The number of carbonyl (C=O) groups excluding carboxylic acids is 1. The topological polar surface area (TPSA) is 52.3 Å². The molecule has 1 saturated carbocycles. The highest BCUT2D eigenvalue weighted by atomic mass is 16.5. The maximum atomic E-state index is 11.2. The van der Waals surface area contributed by atoms with Crippen LogP contribution in [0.5, 0.6) is 0 Å². The predicted molar refractivity (Wildman–Crippen MR) is 53.3 cm³/mol. The first-order chi connectivity index (χ1) is 5.74.